The number of anilines is 6. The number of nitrogens with zero attached hydrogens (tertiary/aromatic N) is 2. The van der Waals surface area contributed by atoms with Crippen LogP contribution in [0.3, 0.4) is 0 Å². The van der Waals surface area contributed by atoms with Crippen molar-refractivity contribution in [2.45, 2.75) is 71.6 Å². The van der Waals surface area contributed by atoms with E-state index in [1.807, 2.05) is 11.3 Å². The lowest BCUT2D eigenvalue weighted by molar-refractivity contribution is 0.590. The lowest BCUT2D eigenvalue weighted by atomic mass is 9.36. The van der Waals surface area contributed by atoms with Gasteiger partial charge in [0.25, 0.3) is 6.71 Å². The number of aryl methyl sites for hydroxylation is 2. The molecule has 0 saturated heterocycles. The van der Waals surface area contributed by atoms with Crippen LogP contribution in [0.1, 0.15) is 86.1 Å². The molecule has 2 nitrogen and oxygen atoms in total. The summed E-state index contributed by atoms with van der Waals surface area (Å²) >= 11 is 2.01. The van der Waals surface area contributed by atoms with E-state index in [0.29, 0.717) is 0 Å². The molecule has 0 bridgehead atoms. The smallest absolute Gasteiger partial charge is 0.264 e. The van der Waals surface area contributed by atoms with Crippen LogP contribution in [0.25, 0.3) is 43.5 Å². The summed E-state index contributed by atoms with van der Waals surface area (Å²) in [6, 6.07) is 72.7. The third kappa shape index (κ3) is 5.95. The minimum absolute atomic E-state index is 0.00897. The van der Waals surface area contributed by atoms with E-state index < -0.39 is 5.41 Å². The Bertz CT molecular complexity index is 3820. The van der Waals surface area contributed by atoms with Crippen LogP contribution in [0.2, 0.25) is 0 Å². The first-order chi connectivity index (χ1) is 34.3. The van der Waals surface area contributed by atoms with Crippen LogP contribution in [-0.4, -0.2) is 6.71 Å². The highest BCUT2D eigenvalue weighted by molar-refractivity contribution is 7.33. The van der Waals surface area contributed by atoms with Gasteiger partial charge in [0.15, 0.2) is 0 Å². The van der Waals surface area contributed by atoms with Crippen LogP contribution in [0, 0.1) is 13.8 Å². The van der Waals surface area contributed by atoms with Gasteiger partial charge in [-0.25, -0.2) is 0 Å². The normalized spacial score (nSPS) is 14.5. The second-order valence-corrected chi connectivity index (χ2v) is 23.7. The van der Waals surface area contributed by atoms with Crippen molar-refractivity contribution in [3.63, 3.8) is 0 Å². The maximum atomic E-state index is 2.64. The van der Waals surface area contributed by atoms with Crippen LogP contribution in [-0.2, 0) is 16.2 Å². The Morgan fingerprint density at radius 1 is 0.437 bits per heavy atom. The molecule has 2 aliphatic carbocycles. The molecule has 71 heavy (non-hydrogen) atoms. The van der Waals surface area contributed by atoms with Gasteiger partial charge in [-0.2, -0.15) is 0 Å². The van der Waals surface area contributed by atoms with E-state index in [-0.39, 0.29) is 17.5 Å². The van der Waals surface area contributed by atoms with Crippen molar-refractivity contribution in [2.75, 3.05) is 9.80 Å². The molecule has 4 heteroatoms. The highest BCUT2D eigenvalue weighted by Gasteiger charge is 2.53. The lowest BCUT2D eigenvalue weighted by Gasteiger charge is -2.43. The summed E-state index contributed by atoms with van der Waals surface area (Å²) < 4.78 is 2.72. The van der Waals surface area contributed by atoms with Crippen LogP contribution >= 0.6 is 11.3 Å². The first kappa shape index (κ1) is 42.5. The summed E-state index contributed by atoms with van der Waals surface area (Å²) in [6.07, 6.45) is 0. The van der Waals surface area contributed by atoms with Crippen molar-refractivity contribution in [3.05, 3.63) is 233 Å². The average molecular weight is 931 g/mol. The Balaban J connectivity index is 1.08. The molecule has 0 radical (unpaired) electrons. The van der Waals surface area contributed by atoms with Gasteiger partial charge in [0.05, 0.1) is 11.1 Å². The fourth-order valence-corrected chi connectivity index (χ4v) is 14.3. The molecule has 0 amide bonds. The molecule has 1 aromatic heterocycles. The van der Waals surface area contributed by atoms with E-state index in [9.17, 15) is 0 Å². The number of hydrogen-bond donors (Lipinski definition) is 0. The van der Waals surface area contributed by atoms with Gasteiger partial charge in [0.2, 0.25) is 0 Å². The van der Waals surface area contributed by atoms with Crippen molar-refractivity contribution in [2.24, 2.45) is 0 Å². The minimum Gasteiger partial charge on any atom is -0.311 e. The maximum Gasteiger partial charge on any atom is 0.264 e. The predicted molar refractivity (Wildman–Crippen MR) is 304 cm³/mol. The fourth-order valence-electron chi connectivity index (χ4n) is 12.9. The standard InChI is InChI=1S/C67H55BN2S/c1-40-22-32-50-51-38-52-61(39-56(51)67(55(50)34-40)53-20-14-12-18-48(53)49-19-13-15-21-54(49)67)71-64-63(52)70(47-30-26-45(27-31-47)66(6,7)8)60-36-41(2)35-59-62(60)68(64)57-33-23-43(42-16-10-9-11-17-42)37-58(57)69(59)46-28-24-44(25-29-46)65(3,4)5/h9-39H,1-8H3. The largest absolute Gasteiger partial charge is 0.311 e. The van der Waals surface area contributed by atoms with Crippen LogP contribution in [0.15, 0.2) is 188 Å². The highest BCUT2D eigenvalue weighted by atomic mass is 32.1. The molecule has 342 valence electrons. The van der Waals surface area contributed by atoms with Gasteiger partial charge in [-0.15, -0.1) is 11.3 Å². The SMILES string of the molecule is Cc1cc2c3c(c1)N(c1ccc(C(C)(C)C)cc1)c1c(sc4cc5c(cc14)-c1ccc(C)cc1C51c4ccccc4-c4ccccc41)B3c1ccc(-c3ccccc3)cc1N2c1ccc(C(C)(C)C)cc1. The molecule has 9 aromatic carbocycles. The highest BCUT2D eigenvalue weighted by Crippen LogP contribution is 2.64. The number of hydrogen-bond acceptors (Lipinski definition) is 3. The van der Waals surface area contributed by atoms with Crippen LogP contribution < -0.4 is 25.5 Å². The lowest BCUT2D eigenvalue weighted by Crippen LogP contribution is -2.60. The molecule has 4 aliphatic rings. The number of rotatable bonds is 3. The van der Waals surface area contributed by atoms with Gasteiger partial charge < -0.3 is 9.80 Å². The zero-order valence-corrected chi connectivity index (χ0v) is 42.6. The summed E-state index contributed by atoms with van der Waals surface area (Å²) in [7, 11) is 0. The van der Waals surface area contributed by atoms with Gasteiger partial charge in [-0.1, -0.05) is 181 Å². The average Bonchev–Trinajstić information content (AvgIpc) is 3.99. The predicted octanol–water partition coefficient (Wildman–Crippen LogP) is 16.2. The molecule has 1 spiro atoms. The topological polar surface area (TPSA) is 6.48 Å². The molecule has 14 rings (SSSR count). The summed E-state index contributed by atoms with van der Waals surface area (Å²) in [5, 5.41) is 1.31. The van der Waals surface area contributed by atoms with E-state index in [2.05, 4.69) is 253 Å². The molecule has 0 N–H and O–H groups in total. The maximum absolute atomic E-state index is 2.64. The molecule has 0 saturated carbocycles. The summed E-state index contributed by atoms with van der Waals surface area (Å²) in [4.78, 5) is 5.21. The van der Waals surface area contributed by atoms with Gasteiger partial charge in [-0.05, 0) is 163 Å². The third-order valence-electron chi connectivity index (χ3n) is 16.3. The third-order valence-corrected chi connectivity index (χ3v) is 17.5. The molecular formula is C67H55BN2S. The Morgan fingerprint density at radius 2 is 1.00 bits per heavy atom. The molecule has 0 unspecified atom stereocenters. The molecule has 10 aromatic rings. The zero-order chi connectivity index (χ0) is 48.3. The summed E-state index contributed by atoms with van der Waals surface area (Å²) in [5.41, 5.74) is 28.2. The van der Waals surface area contributed by atoms with Crippen molar-refractivity contribution in [1.29, 1.82) is 0 Å². The molecular weight excluding hydrogens is 876 g/mol. The zero-order valence-electron chi connectivity index (χ0n) is 41.8. The van der Waals surface area contributed by atoms with E-state index in [1.54, 1.807) is 0 Å². The Kier molecular flexibility index (Phi) is 8.87. The Morgan fingerprint density at radius 3 is 1.63 bits per heavy atom. The van der Waals surface area contributed by atoms with Gasteiger partial charge in [-0.3, -0.25) is 0 Å². The van der Waals surface area contributed by atoms with E-state index in [1.165, 1.54) is 138 Å². The number of fused-ring (bicyclic) bond motifs is 16. The van der Waals surface area contributed by atoms with E-state index in [4.69, 9.17) is 0 Å². The first-order valence-corrected chi connectivity index (χ1v) is 26.2. The Labute approximate surface area is 423 Å². The molecule has 3 heterocycles. The van der Waals surface area contributed by atoms with Gasteiger partial charge in [0.1, 0.15) is 0 Å². The molecule has 0 atom stereocenters. The molecule has 0 fully saturated rings. The fraction of sp³-hybridized carbons (Fsp3) is 0.164. The minimum atomic E-state index is -0.424. The second-order valence-electron chi connectivity index (χ2n) is 22.7. The van der Waals surface area contributed by atoms with Crippen molar-refractivity contribution < 1.29 is 0 Å². The Hall–Kier alpha value is -7.40. The van der Waals surface area contributed by atoms with Gasteiger partial charge in [0, 0.05) is 43.3 Å². The van der Waals surface area contributed by atoms with Crippen molar-refractivity contribution in [1.82, 2.24) is 0 Å². The van der Waals surface area contributed by atoms with Gasteiger partial charge >= 0.3 is 0 Å². The van der Waals surface area contributed by atoms with Crippen LogP contribution in [0.4, 0.5) is 34.1 Å². The quantitative estimate of drug-likeness (QED) is 0.163. The monoisotopic (exact) mass is 930 g/mol. The first-order valence-electron chi connectivity index (χ1n) is 25.4. The van der Waals surface area contributed by atoms with E-state index in [0.717, 1.165) is 0 Å². The van der Waals surface area contributed by atoms with Crippen molar-refractivity contribution >= 4 is 78.0 Å². The number of thiophene rings is 1. The van der Waals surface area contributed by atoms with E-state index >= 15 is 0 Å². The second kappa shape index (κ2) is 14.8. The van der Waals surface area contributed by atoms with Crippen LogP contribution in [0.5, 0.6) is 0 Å². The summed E-state index contributed by atoms with van der Waals surface area (Å²) in [6.45, 7) is 18.4. The molecule has 2 aliphatic heterocycles. The van der Waals surface area contributed by atoms with Crippen molar-refractivity contribution in [3.8, 4) is 33.4 Å². The summed E-state index contributed by atoms with van der Waals surface area (Å²) in [5.74, 6) is 0. The number of benzene rings is 9.